The van der Waals surface area contributed by atoms with Crippen LogP contribution in [0.4, 0.5) is 20.6 Å². The van der Waals surface area contributed by atoms with Gasteiger partial charge in [-0.2, -0.15) is 0 Å². The third-order valence-corrected chi connectivity index (χ3v) is 4.55. The molecule has 156 valence electrons. The molecule has 0 spiro atoms. The molecule has 2 rings (SSSR count). The highest BCUT2D eigenvalue weighted by atomic mass is 19.1. The van der Waals surface area contributed by atoms with Crippen molar-refractivity contribution in [1.82, 2.24) is 5.32 Å². The molecule has 2 N–H and O–H groups in total. The third kappa shape index (κ3) is 8.34. The Hall–Kier alpha value is -2.89. The minimum atomic E-state index is -0.354. The first-order valence-corrected chi connectivity index (χ1v) is 10.3. The van der Waals surface area contributed by atoms with Gasteiger partial charge >= 0.3 is 6.03 Å². The fraction of sp³-hybridized carbons (Fsp3) is 0.391. The number of hydrogen-bond acceptors (Lipinski definition) is 2. The minimum Gasteiger partial charge on any atom is -0.356 e. The Kier molecular flexibility index (Phi) is 9.69. The van der Waals surface area contributed by atoms with Gasteiger partial charge in [-0.1, -0.05) is 44.4 Å². The van der Waals surface area contributed by atoms with Crippen LogP contribution in [-0.2, 0) is 4.79 Å². The highest BCUT2D eigenvalue weighted by Gasteiger charge is 2.16. The second kappa shape index (κ2) is 12.5. The SMILES string of the molecule is CCCCCCC(=O)NCCCN(C(=O)Nc1ccccc1)c1ccc(F)cc1. The molecule has 2 aromatic carbocycles. The molecule has 3 amide bonds. The van der Waals surface area contributed by atoms with Gasteiger partial charge in [0.25, 0.3) is 0 Å². The first-order valence-electron chi connectivity index (χ1n) is 10.3. The van der Waals surface area contributed by atoms with Crippen LogP contribution < -0.4 is 15.5 Å². The van der Waals surface area contributed by atoms with Gasteiger partial charge < -0.3 is 10.6 Å². The van der Waals surface area contributed by atoms with E-state index in [1.54, 1.807) is 29.2 Å². The van der Waals surface area contributed by atoms with E-state index in [9.17, 15) is 14.0 Å². The average Bonchev–Trinajstić information content (AvgIpc) is 2.73. The van der Waals surface area contributed by atoms with Crippen LogP contribution >= 0.6 is 0 Å². The Morgan fingerprint density at radius 1 is 0.931 bits per heavy atom. The molecule has 0 aliphatic rings. The number of carbonyl (C=O) groups is 2. The number of unbranched alkanes of at least 4 members (excludes halogenated alkanes) is 3. The highest BCUT2D eigenvalue weighted by molar-refractivity contribution is 6.01. The Labute approximate surface area is 172 Å². The maximum absolute atomic E-state index is 13.3. The molecule has 0 saturated heterocycles. The number of carbonyl (C=O) groups excluding carboxylic acids is 2. The minimum absolute atomic E-state index is 0.0446. The quantitative estimate of drug-likeness (QED) is 0.501. The van der Waals surface area contributed by atoms with E-state index in [1.807, 2.05) is 18.2 Å². The van der Waals surface area contributed by atoms with E-state index < -0.39 is 0 Å². The zero-order chi connectivity index (χ0) is 20.9. The van der Waals surface area contributed by atoms with Crippen LogP contribution in [0.25, 0.3) is 0 Å². The second-order valence-electron chi connectivity index (χ2n) is 6.94. The van der Waals surface area contributed by atoms with Crippen molar-refractivity contribution in [2.75, 3.05) is 23.3 Å². The monoisotopic (exact) mass is 399 g/mol. The molecular weight excluding hydrogens is 369 g/mol. The molecule has 0 aliphatic carbocycles. The summed E-state index contributed by atoms with van der Waals surface area (Å²) in [6, 6.07) is 14.7. The van der Waals surface area contributed by atoms with Gasteiger partial charge in [0.1, 0.15) is 5.82 Å². The molecule has 2 aromatic rings. The molecule has 0 radical (unpaired) electrons. The van der Waals surface area contributed by atoms with Crippen LogP contribution in [0.15, 0.2) is 54.6 Å². The van der Waals surface area contributed by atoms with Crippen molar-refractivity contribution in [3.63, 3.8) is 0 Å². The summed E-state index contributed by atoms with van der Waals surface area (Å²) in [6.45, 7) is 3.03. The fourth-order valence-corrected chi connectivity index (χ4v) is 2.95. The van der Waals surface area contributed by atoms with Crippen LogP contribution in [0.1, 0.15) is 45.4 Å². The van der Waals surface area contributed by atoms with Crippen LogP contribution in [0.5, 0.6) is 0 Å². The van der Waals surface area contributed by atoms with Crippen molar-refractivity contribution in [3.05, 3.63) is 60.4 Å². The lowest BCUT2D eigenvalue weighted by Gasteiger charge is -2.23. The molecule has 0 saturated carbocycles. The Morgan fingerprint density at radius 3 is 2.34 bits per heavy atom. The van der Waals surface area contributed by atoms with Crippen molar-refractivity contribution < 1.29 is 14.0 Å². The second-order valence-corrected chi connectivity index (χ2v) is 6.94. The van der Waals surface area contributed by atoms with Gasteiger partial charge in [-0.05, 0) is 49.2 Å². The van der Waals surface area contributed by atoms with Crippen molar-refractivity contribution in [2.24, 2.45) is 0 Å². The van der Waals surface area contributed by atoms with E-state index in [0.717, 1.165) is 25.7 Å². The lowest BCUT2D eigenvalue weighted by molar-refractivity contribution is -0.121. The number of urea groups is 1. The van der Waals surface area contributed by atoms with E-state index in [4.69, 9.17) is 0 Å². The first-order chi connectivity index (χ1) is 14.1. The Bertz CT molecular complexity index is 750. The van der Waals surface area contributed by atoms with E-state index in [1.165, 1.54) is 12.1 Å². The summed E-state index contributed by atoms with van der Waals surface area (Å²) in [5.41, 5.74) is 1.29. The van der Waals surface area contributed by atoms with Gasteiger partial charge in [0.15, 0.2) is 0 Å². The summed E-state index contributed by atoms with van der Waals surface area (Å²) in [5, 5.41) is 5.76. The van der Waals surface area contributed by atoms with Crippen molar-refractivity contribution in [1.29, 1.82) is 0 Å². The average molecular weight is 400 g/mol. The summed E-state index contributed by atoms with van der Waals surface area (Å²) in [6.07, 6.45) is 5.40. The zero-order valence-electron chi connectivity index (χ0n) is 17.0. The largest absolute Gasteiger partial charge is 0.356 e. The van der Waals surface area contributed by atoms with Crippen LogP contribution in [0, 0.1) is 5.82 Å². The predicted molar refractivity (Wildman–Crippen MR) is 116 cm³/mol. The molecule has 6 heteroatoms. The zero-order valence-corrected chi connectivity index (χ0v) is 17.0. The van der Waals surface area contributed by atoms with Gasteiger partial charge in [0.2, 0.25) is 5.91 Å². The molecule has 29 heavy (non-hydrogen) atoms. The Balaban J connectivity index is 1.88. The van der Waals surface area contributed by atoms with Gasteiger partial charge in [-0.15, -0.1) is 0 Å². The van der Waals surface area contributed by atoms with Gasteiger partial charge in [-0.3, -0.25) is 9.69 Å². The van der Waals surface area contributed by atoms with Crippen molar-refractivity contribution in [3.8, 4) is 0 Å². The van der Waals surface area contributed by atoms with Gasteiger partial charge in [0.05, 0.1) is 0 Å². The summed E-state index contributed by atoms with van der Waals surface area (Å²) >= 11 is 0. The van der Waals surface area contributed by atoms with Crippen molar-refractivity contribution in [2.45, 2.75) is 45.4 Å². The van der Waals surface area contributed by atoms with E-state index in [0.29, 0.717) is 37.3 Å². The predicted octanol–water partition coefficient (Wildman–Crippen LogP) is 5.34. The number of anilines is 2. The highest BCUT2D eigenvalue weighted by Crippen LogP contribution is 2.17. The van der Waals surface area contributed by atoms with Gasteiger partial charge in [-0.25, -0.2) is 9.18 Å². The topological polar surface area (TPSA) is 61.4 Å². The molecular formula is C23H30FN3O2. The molecule has 5 nitrogen and oxygen atoms in total. The standard InChI is InChI=1S/C23H30FN3O2/c1-2-3-4-8-12-22(28)25-17-9-18-27(21-15-13-19(24)14-16-21)23(29)26-20-10-6-5-7-11-20/h5-7,10-11,13-16H,2-4,8-9,12,17-18H2,1H3,(H,25,28)(H,26,29). The summed E-state index contributed by atoms with van der Waals surface area (Å²) in [5.74, 6) is -0.310. The molecule has 0 unspecified atom stereocenters. The number of hydrogen-bond donors (Lipinski definition) is 2. The van der Waals surface area contributed by atoms with E-state index in [2.05, 4.69) is 17.6 Å². The number of benzene rings is 2. The van der Waals surface area contributed by atoms with E-state index >= 15 is 0 Å². The lowest BCUT2D eigenvalue weighted by atomic mass is 10.1. The number of halogens is 1. The maximum Gasteiger partial charge on any atom is 0.326 e. The molecule has 0 heterocycles. The van der Waals surface area contributed by atoms with Gasteiger partial charge in [0, 0.05) is 30.9 Å². The summed E-state index contributed by atoms with van der Waals surface area (Å²) < 4.78 is 13.3. The maximum atomic E-state index is 13.3. The molecule has 0 bridgehead atoms. The molecule has 0 aromatic heterocycles. The number of amides is 3. The van der Waals surface area contributed by atoms with Crippen molar-refractivity contribution >= 4 is 23.3 Å². The van der Waals surface area contributed by atoms with Crippen LogP contribution in [0.3, 0.4) is 0 Å². The summed E-state index contributed by atoms with van der Waals surface area (Å²) in [4.78, 5) is 26.2. The summed E-state index contributed by atoms with van der Waals surface area (Å²) in [7, 11) is 0. The molecule has 0 fully saturated rings. The number of rotatable bonds is 11. The Morgan fingerprint density at radius 2 is 1.66 bits per heavy atom. The lowest BCUT2D eigenvalue weighted by Crippen LogP contribution is -2.37. The first kappa shape index (κ1) is 22.4. The van der Waals surface area contributed by atoms with E-state index in [-0.39, 0.29) is 17.8 Å². The smallest absolute Gasteiger partial charge is 0.326 e. The third-order valence-electron chi connectivity index (χ3n) is 4.55. The molecule has 0 aliphatic heterocycles. The number of nitrogens with one attached hydrogen (secondary N) is 2. The van der Waals surface area contributed by atoms with Crippen LogP contribution in [-0.4, -0.2) is 25.0 Å². The number of para-hydroxylation sites is 1. The molecule has 0 atom stereocenters. The number of nitrogens with zero attached hydrogens (tertiary/aromatic N) is 1. The fourth-order valence-electron chi connectivity index (χ4n) is 2.95. The normalized spacial score (nSPS) is 10.4. The van der Waals surface area contributed by atoms with Crippen LogP contribution in [0.2, 0.25) is 0 Å².